The molecule has 1 unspecified atom stereocenters. The van der Waals surface area contributed by atoms with E-state index in [1.165, 1.54) is 10.9 Å². The van der Waals surface area contributed by atoms with Gasteiger partial charge in [-0.1, -0.05) is 17.3 Å². The van der Waals surface area contributed by atoms with Crippen LogP contribution in [0.5, 0.6) is 0 Å². The lowest BCUT2D eigenvalue weighted by Gasteiger charge is -2.12. The molecule has 0 saturated carbocycles. The molecule has 2 N–H and O–H groups in total. The third kappa shape index (κ3) is 2.68. The molecule has 3 rings (SSSR count). The zero-order valence-electron chi connectivity index (χ0n) is 11.7. The molecule has 0 aliphatic heterocycles. The highest BCUT2D eigenvalue weighted by Crippen LogP contribution is 2.08. The molecule has 1 amide bonds. The lowest BCUT2D eigenvalue weighted by atomic mass is 10.2. The number of para-hydroxylation sites is 1. The second-order valence-corrected chi connectivity index (χ2v) is 4.74. The number of hydrogen-bond acceptors (Lipinski definition) is 6. The average Bonchev–Trinajstić information content (AvgIpc) is 3.05. The molecule has 1 aromatic carbocycles. The fourth-order valence-corrected chi connectivity index (χ4v) is 2.13. The van der Waals surface area contributed by atoms with Crippen molar-refractivity contribution in [3.8, 4) is 0 Å². The predicted molar refractivity (Wildman–Crippen MR) is 76.7 cm³/mol. The highest BCUT2D eigenvalue weighted by atomic mass is 16.2. The van der Waals surface area contributed by atoms with Crippen LogP contribution in [0.4, 0.5) is 0 Å². The van der Waals surface area contributed by atoms with Gasteiger partial charge in [-0.2, -0.15) is 10.3 Å². The molecule has 2 aromatic heterocycles. The molecule has 112 valence electrons. The summed E-state index contributed by atoms with van der Waals surface area (Å²) < 4.78 is 1.48. The highest BCUT2D eigenvalue weighted by molar-refractivity contribution is 5.81. The second kappa shape index (κ2) is 5.72. The lowest BCUT2D eigenvalue weighted by Crippen LogP contribution is -2.31. The van der Waals surface area contributed by atoms with Crippen molar-refractivity contribution in [1.82, 2.24) is 35.7 Å². The van der Waals surface area contributed by atoms with Crippen molar-refractivity contribution >= 4 is 16.8 Å². The molecule has 0 aliphatic rings. The standard InChI is InChI=1S/C13H13N7O2/c1-8(13-16-18-19-17-13)15-12(22)7-20-10-5-3-2-4-9(10)11(21)6-14-20/h2-6,8H,7H2,1H3,(H,15,22)(H,16,17,18,19). The van der Waals surface area contributed by atoms with E-state index >= 15 is 0 Å². The lowest BCUT2D eigenvalue weighted by molar-refractivity contribution is -0.122. The van der Waals surface area contributed by atoms with E-state index in [0.29, 0.717) is 16.7 Å². The number of rotatable bonds is 4. The number of tetrazole rings is 1. The Kier molecular flexibility index (Phi) is 3.60. The van der Waals surface area contributed by atoms with Crippen molar-refractivity contribution in [2.45, 2.75) is 19.5 Å². The molecule has 3 aromatic rings. The Balaban J connectivity index is 1.80. The van der Waals surface area contributed by atoms with Crippen LogP contribution < -0.4 is 10.7 Å². The van der Waals surface area contributed by atoms with Crippen LogP contribution >= 0.6 is 0 Å². The zero-order valence-corrected chi connectivity index (χ0v) is 11.7. The van der Waals surface area contributed by atoms with Crippen LogP contribution in [0.1, 0.15) is 18.8 Å². The SMILES string of the molecule is CC(NC(=O)Cn1ncc(=O)c2ccccc21)c1nn[nH]n1. The van der Waals surface area contributed by atoms with Crippen LogP contribution in [-0.4, -0.2) is 36.3 Å². The van der Waals surface area contributed by atoms with Gasteiger partial charge in [-0.15, -0.1) is 10.2 Å². The third-order valence-electron chi connectivity index (χ3n) is 3.18. The Bertz CT molecular complexity index is 856. The minimum absolute atomic E-state index is 0.0109. The van der Waals surface area contributed by atoms with Gasteiger partial charge in [-0.3, -0.25) is 14.3 Å². The number of hydrogen-bond donors (Lipinski definition) is 2. The summed E-state index contributed by atoms with van der Waals surface area (Å²) in [7, 11) is 0. The molecule has 1 atom stereocenters. The third-order valence-corrected chi connectivity index (χ3v) is 3.18. The van der Waals surface area contributed by atoms with Crippen molar-refractivity contribution in [2.24, 2.45) is 0 Å². The van der Waals surface area contributed by atoms with Crippen molar-refractivity contribution in [1.29, 1.82) is 0 Å². The van der Waals surface area contributed by atoms with E-state index in [-0.39, 0.29) is 23.9 Å². The molecule has 2 heterocycles. The van der Waals surface area contributed by atoms with Crippen LogP contribution in [0.25, 0.3) is 10.9 Å². The normalized spacial score (nSPS) is 12.2. The van der Waals surface area contributed by atoms with Crippen molar-refractivity contribution in [3.63, 3.8) is 0 Å². The van der Waals surface area contributed by atoms with E-state index < -0.39 is 0 Å². The predicted octanol–water partition coefficient (Wildman–Crippen LogP) is -0.213. The zero-order chi connectivity index (χ0) is 15.5. The summed E-state index contributed by atoms with van der Waals surface area (Å²) >= 11 is 0. The first kappa shape index (κ1) is 13.9. The van der Waals surface area contributed by atoms with Crippen LogP contribution in [0.15, 0.2) is 35.3 Å². The van der Waals surface area contributed by atoms with Crippen LogP contribution in [0.3, 0.4) is 0 Å². The van der Waals surface area contributed by atoms with Gasteiger partial charge in [0.15, 0.2) is 5.82 Å². The van der Waals surface area contributed by atoms with E-state index in [9.17, 15) is 9.59 Å². The summed E-state index contributed by atoms with van der Waals surface area (Å²) in [6.07, 6.45) is 1.21. The molecule has 22 heavy (non-hydrogen) atoms. The molecular formula is C13H13N7O2. The molecule has 9 heteroatoms. The largest absolute Gasteiger partial charge is 0.345 e. The summed E-state index contributed by atoms with van der Waals surface area (Å²) in [5.74, 6) is 0.129. The van der Waals surface area contributed by atoms with E-state index in [1.807, 2.05) is 0 Å². The fraction of sp³-hybridized carbons (Fsp3) is 0.231. The van der Waals surface area contributed by atoms with Crippen molar-refractivity contribution in [3.05, 3.63) is 46.5 Å². The number of nitrogens with zero attached hydrogens (tertiary/aromatic N) is 5. The first-order valence-electron chi connectivity index (χ1n) is 6.62. The van der Waals surface area contributed by atoms with Gasteiger partial charge in [-0.05, 0) is 19.1 Å². The number of nitrogens with one attached hydrogen (secondary N) is 2. The number of aromatic nitrogens is 6. The van der Waals surface area contributed by atoms with E-state index in [0.717, 1.165) is 0 Å². The summed E-state index contributed by atoms with van der Waals surface area (Å²) in [5.41, 5.74) is 0.435. The number of benzene rings is 1. The topological polar surface area (TPSA) is 118 Å². The fourth-order valence-electron chi connectivity index (χ4n) is 2.13. The maximum Gasteiger partial charge on any atom is 0.242 e. The van der Waals surface area contributed by atoms with Gasteiger partial charge in [0.25, 0.3) is 0 Å². The molecule has 9 nitrogen and oxygen atoms in total. The van der Waals surface area contributed by atoms with Gasteiger partial charge < -0.3 is 5.32 Å². The highest BCUT2D eigenvalue weighted by Gasteiger charge is 2.14. The smallest absolute Gasteiger partial charge is 0.242 e. The van der Waals surface area contributed by atoms with E-state index in [1.54, 1.807) is 31.2 Å². The molecular weight excluding hydrogens is 286 g/mol. The Morgan fingerprint density at radius 1 is 1.41 bits per heavy atom. The Hall–Kier alpha value is -3.10. The Morgan fingerprint density at radius 3 is 3.00 bits per heavy atom. The Labute approximate surface area is 124 Å². The van der Waals surface area contributed by atoms with Gasteiger partial charge in [-0.25, -0.2) is 0 Å². The van der Waals surface area contributed by atoms with E-state index in [2.05, 4.69) is 31.0 Å². The first-order valence-corrected chi connectivity index (χ1v) is 6.62. The van der Waals surface area contributed by atoms with Gasteiger partial charge in [0, 0.05) is 5.39 Å². The van der Waals surface area contributed by atoms with Gasteiger partial charge in [0.05, 0.1) is 17.8 Å². The van der Waals surface area contributed by atoms with Crippen molar-refractivity contribution < 1.29 is 4.79 Å². The molecule has 0 aliphatic carbocycles. The number of H-pyrrole nitrogens is 1. The van der Waals surface area contributed by atoms with Crippen LogP contribution in [0.2, 0.25) is 0 Å². The Morgan fingerprint density at radius 2 is 2.23 bits per heavy atom. The number of carbonyl (C=O) groups excluding carboxylic acids is 1. The summed E-state index contributed by atoms with van der Waals surface area (Å²) in [6, 6.07) is 6.64. The van der Waals surface area contributed by atoms with Gasteiger partial charge in [0.2, 0.25) is 11.3 Å². The molecule has 0 saturated heterocycles. The number of amides is 1. The van der Waals surface area contributed by atoms with E-state index in [4.69, 9.17) is 0 Å². The minimum Gasteiger partial charge on any atom is -0.345 e. The first-order chi connectivity index (χ1) is 10.6. The van der Waals surface area contributed by atoms with Crippen LogP contribution in [-0.2, 0) is 11.3 Å². The van der Waals surface area contributed by atoms with Crippen molar-refractivity contribution in [2.75, 3.05) is 0 Å². The molecule has 0 radical (unpaired) electrons. The molecule has 0 fully saturated rings. The average molecular weight is 299 g/mol. The van der Waals surface area contributed by atoms with Gasteiger partial charge in [0.1, 0.15) is 6.54 Å². The number of carbonyl (C=O) groups is 1. The molecule has 0 spiro atoms. The molecule has 0 bridgehead atoms. The monoisotopic (exact) mass is 299 g/mol. The maximum absolute atomic E-state index is 12.1. The quantitative estimate of drug-likeness (QED) is 0.688. The van der Waals surface area contributed by atoms with Crippen LogP contribution in [0, 0.1) is 0 Å². The second-order valence-electron chi connectivity index (χ2n) is 4.74. The maximum atomic E-state index is 12.1. The van der Waals surface area contributed by atoms with Gasteiger partial charge >= 0.3 is 0 Å². The summed E-state index contributed by atoms with van der Waals surface area (Å²) in [6.45, 7) is 1.74. The summed E-state index contributed by atoms with van der Waals surface area (Å²) in [4.78, 5) is 23.9. The summed E-state index contributed by atoms with van der Waals surface area (Å²) in [5, 5.41) is 20.7. The number of aromatic amines is 1. The minimum atomic E-state index is -0.378. The number of fused-ring (bicyclic) bond motifs is 1.